The summed E-state index contributed by atoms with van der Waals surface area (Å²) >= 11 is 1.82. The first-order chi connectivity index (χ1) is 4.88. The normalized spacial score (nSPS) is 29.5. The molecule has 0 aromatic carbocycles. The highest BCUT2D eigenvalue weighted by atomic mass is 32.2. The summed E-state index contributed by atoms with van der Waals surface area (Å²) in [7, 11) is 0. The van der Waals surface area contributed by atoms with Crippen LogP contribution in [0.4, 0.5) is 0 Å². The molecule has 0 saturated heterocycles. The fraction of sp³-hybridized carbons (Fsp3) is 0.375. The molecule has 0 aromatic rings. The van der Waals surface area contributed by atoms with Crippen LogP contribution in [0.2, 0.25) is 0 Å². The maximum atomic E-state index is 4.11. The summed E-state index contributed by atoms with van der Waals surface area (Å²) in [6.45, 7) is 2.19. The highest BCUT2D eigenvalue weighted by Gasteiger charge is 2.22. The van der Waals surface area contributed by atoms with Crippen LogP contribution in [-0.2, 0) is 0 Å². The van der Waals surface area contributed by atoms with Crippen molar-refractivity contribution < 1.29 is 0 Å². The van der Waals surface area contributed by atoms with E-state index in [4.69, 9.17) is 0 Å². The molecule has 0 spiro atoms. The lowest BCUT2D eigenvalue weighted by atomic mass is 9.98. The molecular formula is C8H9NS. The quantitative estimate of drug-likeness (QED) is 0.518. The summed E-state index contributed by atoms with van der Waals surface area (Å²) in [5.41, 5.74) is 1.49. The Hall–Kier alpha value is -0.500. The first-order valence-electron chi connectivity index (χ1n) is 3.43. The summed E-state index contributed by atoms with van der Waals surface area (Å²) < 4.78 is 0. The van der Waals surface area contributed by atoms with Gasteiger partial charge in [-0.25, -0.2) is 0 Å². The van der Waals surface area contributed by atoms with Crippen molar-refractivity contribution in [2.45, 2.75) is 13.3 Å². The van der Waals surface area contributed by atoms with Gasteiger partial charge in [0.1, 0.15) is 0 Å². The van der Waals surface area contributed by atoms with Gasteiger partial charge in [0, 0.05) is 23.2 Å². The highest BCUT2D eigenvalue weighted by Crippen LogP contribution is 2.41. The number of thioether (sulfide) groups is 1. The first kappa shape index (κ1) is 6.23. The monoisotopic (exact) mass is 151 g/mol. The van der Waals surface area contributed by atoms with Gasteiger partial charge in [-0.2, -0.15) is 0 Å². The van der Waals surface area contributed by atoms with Crippen LogP contribution < -0.4 is 0 Å². The number of hydrogen-bond donors (Lipinski definition) is 0. The number of hydrogen-bond acceptors (Lipinski definition) is 2. The Labute approximate surface area is 64.9 Å². The number of aliphatic imine (C=N–C) groups is 1. The molecule has 1 unspecified atom stereocenters. The van der Waals surface area contributed by atoms with Gasteiger partial charge >= 0.3 is 0 Å². The second-order valence-electron chi connectivity index (χ2n) is 2.63. The van der Waals surface area contributed by atoms with Gasteiger partial charge in [0.15, 0.2) is 0 Å². The van der Waals surface area contributed by atoms with Gasteiger partial charge in [-0.05, 0) is 18.8 Å². The second-order valence-corrected chi connectivity index (χ2v) is 3.57. The first-order valence-corrected chi connectivity index (χ1v) is 4.31. The Morgan fingerprint density at radius 2 is 2.60 bits per heavy atom. The molecule has 0 aromatic heterocycles. The number of rotatable bonds is 0. The number of allylic oxidation sites excluding steroid dienone is 2. The Kier molecular flexibility index (Phi) is 1.42. The average Bonchev–Trinajstić information content (AvgIpc) is 2.34. The zero-order valence-electron chi connectivity index (χ0n) is 5.87. The average molecular weight is 151 g/mol. The molecular weight excluding hydrogens is 142 g/mol. The van der Waals surface area contributed by atoms with Gasteiger partial charge < -0.3 is 0 Å². The SMILES string of the molecule is CC1=CSC2=CN=CCC12. The van der Waals surface area contributed by atoms with Crippen molar-refractivity contribution >= 4 is 18.0 Å². The van der Waals surface area contributed by atoms with E-state index < -0.39 is 0 Å². The van der Waals surface area contributed by atoms with Crippen LogP contribution in [0, 0.1) is 5.92 Å². The maximum Gasteiger partial charge on any atom is 0.0368 e. The van der Waals surface area contributed by atoms with Gasteiger partial charge in [0.2, 0.25) is 0 Å². The zero-order valence-corrected chi connectivity index (χ0v) is 6.69. The minimum atomic E-state index is 0.669. The summed E-state index contributed by atoms with van der Waals surface area (Å²) in [6, 6.07) is 0. The molecule has 2 heterocycles. The van der Waals surface area contributed by atoms with Crippen LogP contribution in [0.15, 0.2) is 27.1 Å². The molecule has 0 bridgehead atoms. The van der Waals surface area contributed by atoms with Gasteiger partial charge in [-0.3, -0.25) is 4.99 Å². The van der Waals surface area contributed by atoms with Crippen LogP contribution in [0.1, 0.15) is 13.3 Å². The molecule has 2 aliphatic heterocycles. The van der Waals surface area contributed by atoms with E-state index in [1.807, 2.05) is 24.2 Å². The lowest BCUT2D eigenvalue weighted by molar-refractivity contribution is 0.793. The molecule has 0 amide bonds. The topological polar surface area (TPSA) is 12.4 Å². The Balaban J connectivity index is 2.30. The van der Waals surface area contributed by atoms with E-state index in [-0.39, 0.29) is 0 Å². The van der Waals surface area contributed by atoms with Gasteiger partial charge in [-0.15, -0.1) is 11.8 Å². The largest absolute Gasteiger partial charge is 0.268 e. The van der Waals surface area contributed by atoms with Gasteiger partial charge in [0.05, 0.1) is 0 Å². The Bertz CT molecular complexity index is 238. The second kappa shape index (κ2) is 2.27. The van der Waals surface area contributed by atoms with Crippen molar-refractivity contribution in [1.82, 2.24) is 0 Å². The van der Waals surface area contributed by atoms with Crippen molar-refractivity contribution in [3.63, 3.8) is 0 Å². The van der Waals surface area contributed by atoms with E-state index in [9.17, 15) is 0 Å². The molecule has 2 heteroatoms. The van der Waals surface area contributed by atoms with E-state index in [0.29, 0.717) is 5.92 Å². The lowest BCUT2D eigenvalue weighted by Crippen LogP contribution is -2.02. The van der Waals surface area contributed by atoms with Gasteiger partial charge in [0.25, 0.3) is 0 Å². The molecule has 1 nitrogen and oxygen atoms in total. The fourth-order valence-corrected chi connectivity index (χ4v) is 2.32. The number of fused-ring (bicyclic) bond motifs is 1. The zero-order chi connectivity index (χ0) is 6.97. The summed E-state index contributed by atoms with van der Waals surface area (Å²) in [4.78, 5) is 5.53. The molecule has 2 rings (SSSR count). The third-order valence-corrected chi connectivity index (χ3v) is 3.07. The molecule has 0 fully saturated rings. The maximum absolute atomic E-state index is 4.11. The molecule has 0 N–H and O–H groups in total. The minimum absolute atomic E-state index is 0.669. The minimum Gasteiger partial charge on any atom is -0.268 e. The Morgan fingerprint density at radius 3 is 3.40 bits per heavy atom. The van der Waals surface area contributed by atoms with Crippen LogP contribution >= 0.6 is 11.8 Å². The van der Waals surface area contributed by atoms with E-state index in [0.717, 1.165) is 6.42 Å². The molecule has 52 valence electrons. The van der Waals surface area contributed by atoms with Gasteiger partial charge in [-0.1, -0.05) is 5.57 Å². The summed E-state index contributed by atoms with van der Waals surface area (Å²) in [5.74, 6) is 0.669. The summed E-state index contributed by atoms with van der Waals surface area (Å²) in [5, 5.41) is 2.23. The third-order valence-electron chi connectivity index (χ3n) is 1.92. The molecule has 2 aliphatic rings. The molecule has 0 radical (unpaired) electrons. The fourth-order valence-electron chi connectivity index (χ4n) is 1.26. The Morgan fingerprint density at radius 1 is 1.70 bits per heavy atom. The van der Waals surface area contributed by atoms with Crippen molar-refractivity contribution in [3.8, 4) is 0 Å². The summed E-state index contributed by atoms with van der Waals surface area (Å²) in [6.07, 6.45) is 5.07. The standard InChI is InChI=1S/C8H9NS/c1-6-5-10-8-4-9-3-2-7(6)8/h3-5,7H,2H2,1H3. The molecule has 0 saturated carbocycles. The predicted octanol–water partition coefficient (Wildman–Crippen LogP) is 2.57. The third kappa shape index (κ3) is 0.833. The molecule has 10 heavy (non-hydrogen) atoms. The van der Waals surface area contributed by atoms with Crippen LogP contribution in [0.5, 0.6) is 0 Å². The van der Waals surface area contributed by atoms with Crippen LogP contribution in [0.25, 0.3) is 0 Å². The van der Waals surface area contributed by atoms with E-state index in [2.05, 4.69) is 17.3 Å². The van der Waals surface area contributed by atoms with E-state index in [1.165, 1.54) is 10.5 Å². The van der Waals surface area contributed by atoms with Crippen molar-refractivity contribution in [1.29, 1.82) is 0 Å². The predicted molar refractivity (Wildman–Crippen MR) is 46.0 cm³/mol. The van der Waals surface area contributed by atoms with E-state index >= 15 is 0 Å². The van der Waals surface area contributed by atoms with Crippen LogP contribution in [0.3, 0.4) is 0 Å². The van der Waals surface area contributed by atoms with Crippen molar-refractivity contribution in [2.75, 3.05) is 0 Å². The highest BCUT2D eigenvalue weighted by molar-refractivity contribution is 8.06. The van der Waals surface area contributed by atoms with Crippen molar-refractivity contribution in [2.24, 2.45) is 10.9 Å². The molecule has 0 aliphatic carbocycles. The van der Waals surface area contributed by atoms with Crippen LogP contribution in [-0.4, -0.2) is 6.21 Å². The molecule has 1 atom stereocenters. The van der Waals surface area contributed by atoms with E-state index in [1.54, 1.807) is 0 Å². The van der Waals surface area contributed by atoms with Crippen molar-refractivity contribution in [3.05, 3.63) is 22.1 Å². The lowest BCUT2D eigenvalue weighted by Gasteiger charge is -2.12. The smallest absolute Gasteiger partial charge is 0.0368 e. The number of nitrogens with zero attached hydrogens (tertiary/aromatic N) is 1.